The third kappa shape index (κ3) is 3.91. The second-order valence-electron chi connectivity index (χ2n) is 6.37. The number of carbonyl (C=O) groups excluding carboxylic acids is 1. The first kappa shape index (κ1) is 17.6. The molecule has 1 amide bonds. The third-order valence-corrected chi connectivity index (χ3v) is 4.82. The first-order valence-corrected chi connectivity index (χ1v) is 9.29. The zero-order chi connectivity index (χ0) is 17.8. The summed E-state index contributed by atoms with van der Waals surface area (Å²) in [5.74, 6) is 0.300. The Morgan fingerprint density at radius 3 is 2.92 bits per heavy atom. The number of amides is 1. The molecule has 0 atom stereocenters. The van der Waals surface area contributed by atoms with Crippen molar-refractivity contribution in [3.8, 4) is 10.7 Å². The molecule has 5 nitrogen and oxygen atoms in total. The molecule has 0 aliphatic heterocycles. The van der Waals surface area contributed by atoms with E-state index in [-0.39, 0.29) is 5.91 Å². The summed E-state index contributed by atoms with van der Waals surface area (Å²) >= 11 is 1.49. The molecule has 3 aromatic rings. The van der Waals surface area contributed by atoms with Crippen molar-refractivity contribution in [2.45, 2.75) is 20.4 Å². The summed E-state index contributed by atoms with van der Waals surface area (Å²) in [4.78, 5) is 16.8. The smallest absolute Gasteiger partial charge is 0.270 e. The van der Waals surface area contributed by atoms with E-state index in [2.05, 4.69) is 46.9 Å². The summed E-state index contributed by atoms with van der Waals surface area (Å²) in [5.41, 5.74) is 2.64. The number of carbonyl (C=O) groups is 1. The van der Waals surface area contributed by atoms with Crippen LogP contribution in [-0.2, 0) is 11.3 Å². The predicted molar refractivity (Wildman–Crippen MR) is 102 cm³/mol. The van der Waals surface area contributed by atoms with E-state index in [1.165, 1.54) is 11.3 Å². The van der Waals surface area contributed by atoms with E-state index >= 15 is 0 Å². The minimum absolute atomic E-state index is 0.115. The Morgan fingerprint density at radius 1 is 1.36 bits per heavy atom. The largest absolute Gasteiger partial charge is 0.383 e. The number of thiazole rings is 1. The number of hydrogen-bond donors (Lipinski definition) is 1. The molecule has 0 aliphatic carbocycles. The number of nitrogens with zero attached hydrogens (tertiary/aromatic N) is 2. The van der Waals surface area contributed by atoms with Crippen LogP contribution in [0.1, 0.15) is 24.3 Å². The lowest BCUT2D eigenvalue weighted by molar-refractivity contribution is 0.0945. The molecule has 0 saturated carbocycles. The molecule has 2 aromatic heterocycles. The van der Waals surface area contributed by atoms with E-state index in [1.54, 1.807) is 7.11 Å². The standard InChI is InChI=1S/C19H23N3O2S/c1-13(2)11-20-18(23)15-12-25-19(21-15)17-10-14-6-4-5-7-16(14)22(17)8-9-24-3/h4-7,10,12-13H,8-9,11H2,1-3H3,(H,20,23). The van der Waals surface area contributed by atoms with Crippen LogP contribution in [0, 0.1) is 5.92 Å². The SMILES string of the molecule is COCCn1c(-c2nc(C(=O)NCC(C)C)cs2)cc2ccccc21. The Hall–Kier alpha value is -2.18. The molecule has 0 aliphatic rings. The van der Waals surface area contributed by atoms with Crippen molar-refractivity contribution in [2.75, 3.05) is 20.3 Å². The third-order valence-electron chi connectivity index (χ3n) is 3.96. The maximum atomic E-state index is 12.2. The summed E-state index contributed by atoms with van der Waals surface area (Å²) in [6.07, 6.45) is 0. The summed E-state index contributed by atoms with van der Waals surface area (Å²) < 4.78 is 7.45. The molecule has 25 heavy (non-hydrogen) atoms. The molecule has 2 heterocycles. The van der Waals surface area contributed by atoms with Crippen LogP contribution in [0.25, 0.3) is 21.6 Å². The number of fused-ring (bicyclic) bond motifs is 1. The molecule has 0 spiro atoms. The van der Waals surface area contributed by atoms with E-state index in [9.17, 15) is 4.79 Å². The van der Waals surface area contributed by atoms with E-state index in [0.717, 1.165) is 28.1 Å². The molecule has 0 unspecified atom stereocenters. The number of para-hydroxylation sites is 1. The number of benzene rings is 1. The minimum Gasteiger partial charge on any atom is -0.383 e. The Morgan fingerprint density at radius 2 is 2.16 bits per heavy atom. The van der Waals surface area contributed by atoms with Gasteiger partial charge in [-0.15, -0.1) is 11.3 Å². The highest BCUT2D eigenvalue weighted by Gasteiger charge is 2.16. The monoisotopic (exact) mass is 357 g/mol. The number of ether oxygens (including phenoxy) is 1. The number of methoxy groups -OCH3 is 1. The van der Waals surface area contributed by atoms with Gasteiger partial charge >= 0.3 is 0 Å². The van der Waals surface area contributed by atoms with Gasteiger partial charge in [-0.2, -0.15) is 0 Å². The van der Waals surface area contributed by atoms with Crippen molar-refractivity contribution in [3.63, 3.8) is 0 Å². The molecule has 132 valence electrons. The fraction of sp³-hybridized carbons (Fsp3) is 0.368. The van der Waals surface area contributed by atoms with Gasteiger partial charge in [-0.1, -0.05) is 32.0 Å². The van der Waals surface area contributed by atoms with Crippen molar-refractivity contribution in [3.05, 3.63) is 41.4 Å². The van der Waals surface area contributed by atoms with Crippen molar-refractivity contribution >= 4 is 28.1 Å². The van der Waals surface area contributed by atoms with Gasteiger partial charge in [-0.25, -0.2) is 4.98 Å². The lowest BCUT2D eigenvalue weighted by atomic mass is 10.2. The average molecular weight is 357 g/mol. The Balaban J connectivity index is 1.92. The number of nitrogens with one attached hydrogen (secondary N) is 1. The normalized spacial score (nSPS) is 11.4. The fourth-order valence-electron chi connectivity index (χ4n) is 2.69. The van der Waals surface area contributed by atoms with Gasteiger partial charge in [0.1, 0.15) is 10.7 Å². The van der Waals surface area contributed by atoms with E-state index in [0.29, 0.717) is 24.8 Å². The van der Waals surface area contributed by atoms with Crippen LogP contribution in [-0.4, -0.2) is 35.7 Å². The average Bonchev–Trinajstić information content (AvgIpc) is 3.22. The molecule has 0 saturated heterocycles. The highest BCUT2D eigenvalue weighted by atomic mass is 32.1. The molecule has 1 aromatic carbocycles. The van der Waals surface area contributed by atoms with Gasteiger partial charge in [0.2, 0.25) is 0 Å². The Bertz CT molecular complexity index is 867. The molecular weight excluding hydrogens is 334 g/mol. The van der Waals surface area contributed by atoms with Crippen molar-refractivity contribution in [1.82, 2.24) is 14.9 Å². The summed E-state index contributed by atoms with van der Waals surface area (Å²) in [6, 6.07) is 10.4. The first-order chi connectivity index (χ1) is 12.1. The van der Waals surface area contributed by atoms with Gasteiger partial charge in [0.25, 0.3) is 5.91 Å². The molecular formula is C19H23N3O2S. The van der Waals surface area contributed by atoms with Crippen LogP contribution in [0.5, 0.6) is 0 Å². The quantitative estimate of drug-likeness (QED) is 0.700. The van der Waals surface area contributed by atoms with Crippen LogP contribution in [0.15, 0.2) is 35.7 Å². The molecule has 0 radical (unpaired) electrons. The molecule has 6 heteroatoms. The highest BCUT2D eigenvalue weighted by molar-refractivity contribution is 7.13. The molecule has 0 bridgehead atoms. The van der Waals surface area contributed by atoms with Crippen molar-refractivity contribution in [2.24, 2.45) is 5.92 Å². The lowest BCUT2D eigenvalue weighted by Crippen LogP contribution is -2.27. The maximum absolute atomic E-state index is 12.2. The summed E-state index contributed by atoms with van der Waals surface area (Å²) in [5, 5.41) is 6.75. The zero-order valence-corrected chi connectivity index (χ0v) is 15.6. The first-order valence-electron chi connectivity index (χ1n) is 8.41. The molecule has 1 N–H and O–H groups in total. The number of rotatable bonds is 7. The minimum atomic E-state index is -0.115. The van der Waals surface area contributed by atoms with Crippen LogP contribution < -0.4 is 5.32 Å². The van der Waals surface area contributed by atoms with Gasteiger partial charge in [-0.05, 0) is 18.1 Å². The van der Waals surface area contributed by atoms with Crippen LogP contribution in [0.2, 0.25) is 0 Å². The van der Waals surface area contributed by atoms with Crippen LogP contribution in [0.3, 0.4) is 0 Å². The topological polar surface area (TPSA) is 56.2 Å². The van der Waals surface area contributed by atoms with Crippen molar-refractivity contribution < 1.29 is 9.53 Å². The maximum Gasteiger partial charge on any atom is 0.270 e. The Kier molecular flexibility index (Phi) is 5.50. The zero-order valence-electron chi connectivity index (χ0n) is 14.8. The molecule has 0 fully saturated rings. The fourth-order valence-corrected chi connectivity index (χ4v) is 3.52. The van der Waals surface area contributed by atoms with Crippen LogP contribution >= 0.6 is 11.3 Å². The summed E-state index contributed by atoms with van der Waals surface area (Å²) in [6.45, 7) is 6.16. The van der Waals surface area contributed by atoms with E-state index in [1.807, 2.05) is 17.5 Å². The second kappa shape index (κ2) is 7.80. The lowest BCUT2D eigenvalue weighted by Gasteiger charge is -2.08. The number of aromatic nitrogens is 2. The highest BCUT2D eigenvalue weighted by Crippen LogP contribution is 2.30. The van der Waals surface area contributed by atoms with Gasteiger partial charge in [0, 0.05) is 36.5 Å². The predicted octanol–water partition coefficient (Wildman–Crippen LogP) is 3.80. The Labute approximate surface area is 151 Å². The van der Waals surface area contributed by atoms with Gasteiger partial charge < -0.3 is 14.6 Å². The van der Waals surface area contributed by atoms with E-state index in [4.69, 9.17) is 4.74 Å². The number of hydrogen-bond acceptors (Lipinski definition) is 4. The van der Waals surface area contributed by atoms with Gasteiger partial charge in [-0.3, -0.25) is 4.79 Å². The van der Waals surface area contributed by atoms with E-state index < -0.39 is 0 Å². The van der Waals surface area contributed by atoms with Gasteiger partial charge in [0.05, 0.1) is 12.3 Å². The second-order valence-corrected chi connectivity index (χ2v) is 7.23. The summed E-state index contributed by atoms with van der Waals surface area (Å²) in [7, 11) is 1.70. The van der Waals surface area contributed by atoms with Gasteiger partial charge in [0.15, 0.2) is 0 Å². The van der Waals surface area contributed by atoms with Crippen molar-refractivity contribution in [1.29, 1.82) is 0 Å². The van der Waals surface area contributed by atoms with Crippen LogP contribution in [0.4, 0.5) is 0 Å². The molecule has 3 rings (SSSR count).